The summed E-state index contributed by atoms with van der Waals surface area (Å²) in [6, 6.07) is 0.773. The Balaban J connectivity index is 2.37. The topological polar surface area (TPSA) is 15.3 Å². The molecule has 0 aliphatic carbocycles. The summed E-state index contributed by atoms with van der Waals surface area (Å²) >= 11 is 0. The quantitative estimate of drug-likeness (QED) is 0.686. The Morgan fingerprint density at radius 2 is 1.88 bits per heavy atom. The van der Waals surface area contributed by atoms with Crippen LogP contribution in [0.3, 0.4) is 0 Å². The molecule has 1 atom stereocenters. The lowest BCUT2D eigenvalue weighted by Crippen LogP contribution is -2.61. The summed E-state index contributed by atoms with van der Waals surface area (Å²) in [5.74, 6) is 0. The van der Waals surface area contributed by atoms with Gasteiger partial charge >= 0.3 is 0 Å². The van der Waals surface area contributed by atoms with Crippen LogP contribution in [0.5, 0.6) is 0 Å². The fourth-order valence-electron chi connectivity index (χ4n) is 2.84. The lowest BCUT2D eigenvalue weighted by Gasteiger charge is -2.45. The zero-order valence-corrected chi connectivity index (χ0v) is 12.4. The van der Waals surface area contributed by atoms with Gasteiger partial charge in [-0.05, 0) is 33.2 Å². The summed E-state index contributed by atoms with van der Waals surface area (Å²) in [5, 5.41) is 3.68. The summed E-state index contributed by atoms with van der Waals surface area (Å²) in [6.45, 7) is 12.9. The van der Waals surface area contributed by atoms with Gasteiger partial charge in [-0.3, -0.25) is 4.90 Å². The molecule has 2 heteroatoms. The number of rotatable bonds is 7. The highest BCUT2D eigenvalue weighted by molar-refractivity contribution is 4.91. The first kappa shape index (κ1) is 15.0. The van der Waals surface area contributed by atoms with E-state index in [2.05, 4.69) is 37.9 Å². The Kier molecular flexibility index (Phi) is 6.50. The van der Waals surface area contributed by atoms with Gasteiger partial charge in [-0.15, -0.1) is 0 Å². The lowest BCUT2D eigenvalue weighted by atomic mass is 9.96. The van der Waals surface area contributed by atoms with Gasteiger partial charge in [0.1, 0.15) is 0 Å². The second-order valence-electron chi connectivity index (χ2n) is 6.24. The van der Waals surface area contributed by atoms with Crippen molar-refractivity contribution >= 4 is 0 Å². The van der Waals surface area contributed by atoms with E-state index in [1.165, 1.54) is 58.2 Å². The first-order chi connectivity index (χ1) is 8.09. The van der Waals surface area contributed by atoms with Gasteiger partial charge in [-0.25, -0.2) is 0 Å². The van der Waals surface area contributed by atoms with E-state index in [-0.39, 0.29) is 0 Å². The third-order valence-electron chi connectivity index (χ3n) is 3.85. The molecule has 1 aliphatic rings. The summed E-state index contributed by atoms with van der Waals surface area (Å²) < 4.78 is 0. The van der Waals surface area contributed by atoms with Gasteiger partial charge in [0.25, 0.3) is 0 Å². The lowest BCUT2D eigenvalue weighted by molar-refractivity contribution is 0.0877. The molecule has 1 aliphatic heterocycles. The Bertz CT molecular complexity index is 201. The van der Waals surface area contributed by atoms with Crippen LogP contribution in [0.2, 0.25) is 0 Å². The number of unbranched alkanes of at least 4 members (excludes halogenated alkanes) is 3. The average molecular weight is 240 g/mol. The number of hydrogen-bond donors (Lipinski definition) is 1. The van der Waals surface area contributed by atoms with E-state index in [9.17, 15) is 0 Å². The fraction of sp³-hybridized carbons (Fsp3) is 1.00. The molecule has 1 fully saturated rings. The highest BCUT2D eigenvalue weighted by Crippen LogP contribution is 2.19. The second-order valence-corrected chi connectivity index (χ2v) is 6.24. The van der Waals surface area contributed by atoms with Gasteiger partial charge in [0.05, 0.1) is 0 Å². The van der Waals surface area contributed by atoms with Crippen molar-refractivity contribution in [2.45, 2.75) is 77.8 Å². The minimum Gasteiger partial charge on any atom is -0.309 e. The molecule has 1 heterocycles. The highest BCUT2D eigenvalue weighted by atomic mass is 15.2. The molecule has 0 spiro atoms. The summed E-state index contributed by atoms with van der Waals surface area (Å²) in [6.07, 6.45) is 8.16. The molecule has 102 valence electrons. The number of nitrogens with one attached hydrogen (secondary N) is 1. The fourth-order valence-corrected chi connectivity index (χ4v) is 2.84. The van der Waals surface area contributed by atoms with Crippen LogP contribution < -0.4 is 5.32 Å². The predicted octanol–water partition coefficient (Wildman–Crippen LogP) is 3.42. The van der Waals surface area contributed by atoms with Crippen molar-refractivity contribution in [3.63, 3.8) is 0 Å². The Hall–Kier alpha value is -0.0800. The van der Waals surface area contributed by atoms with Crippen molar-refractivity contribution in [3.05, 3.63) is 0 Å². The summed E-state index contributed by atoms with van der Waals surface area (Å²) in [5.41, 5.74) is 0.301. The molecule has 0 bridgehead atoms. The van der Waals surface area contributed by atoms with E-state index in [1.54, 1.807) is 0 Å². The highest BCUT2D eigenvalue weighted by Gasteiger charge is 2.31. The Morgan fingerprint density at radius 1 is 1.12 bits per heavy atom. The van der Waals surface area contributed by atoms with Crippen LogP contribution in [-0.2, 0) is 0 Å². The molecule has 0 saturated carbocycles. The maximum Gasteiger partial charge on any atom is 0.0252 e. The zero-order valence-electron chi connectivity index (χ0n) is 12.4. The third-order valence-corrected chi connectivity index (χ3v) is 3.85. The predicted molar refractivity (Wildman–Crippen MR) is 76.5 cm³/mol. The molecule has 1 unspecified atom stereocenters. The van der Waals surface area contributed by atoms with Crippen LogP contribution in [0.4, 0.5) is 0 Å². The molecule has 0 amide bonds. The molecular weight excluding hydrogens is 208 g/mol. The Labute approximate surface area is 108 Å². The van der Waals surface area contributed by atoms with Gasteiger partial charge < -0.3 is 5.32 Å². The minimum absolute atomic E-state index is 0.301. The van der Waals surface area contributed by atoms with Crippen LogP contribution >= 0.6 is 0 Å². The summed E-state index contributed by atoms with van der Waals surface area (Å²) in [7, 11) is 0. The number of hydrogen-bond acceptors (Lipinski definition) is 2. The van der Waals surface area contributed by atoms with Gasteiger partial charge in [-0.1, -0.05) is 39.5 Å². The molecule has 0 radical (unpaired) electrons. The van der Waals surface area contributed by atoms with Crippen LogP contribution in [0.25, 0.3) is 0 Å². The first-order valence-electron chi connectivity index (χ1n) is 7.58. The first-order valence-corrected chi connectivity index (χ1v) is 7.58. The maximum absolute atomic E-state index is 3.68. The van der Waals surface area contributed by atoms with Crippen molar-refractivity contribution in [1.82, 2.24) is 10.2 Å². The van der Waals surface area contributed by atoms with Crippen molar-refractivity contribution in [2.24, 2.45) is 0 Å². The van der Waals surface area contributed by atoms with E-state index in [0.717, 1.165) is 6.04 Å². The van der Waals surface area contributed by atoms with E-state index in [0.29, 0.717) is 5.54 Å². The van der Waals surface area contributed by atoms with Gasteiger partial charge in [0.2, 0.25) is 0 Å². The van der Waals surface area contributed by atoms with E-state index in [4.69, 9.17) is 0 Å². The number of piperazine rings is 1. The molecule has 0 aromatic rings. The molecule has 0 aromatic heterocycles. The Morgan fingerprint density at radius 3 is 2.53 bits per heavy atom. The molecular formula is C15H32N2. The maximum atomic E-state index is 3.68. The van der Waals surface area contributed by atoms with E-state index in [1.807, 2.05) is 0 Å². The molecule has 1 saturated heterocycles. The van der Waals surface area contributed by atoms with Gasteiger partial charge in [0, 0.05) is 24.7 Å². The van der Waals surface area contributed by atoms with Crippen LogP contribution in [0.15, 0.2) is 0 Å². The van der Waals surface area contributed by atoms with E-state index >= 15 is 0 Å². The SMILES string of the molecule is CCCCCCN1CC(C)(C)NCC1CCC. The van der Waals surface area contributed by atoms with Gasteiger partial charge in [0.15, 0.2) is 0 Å². The normalized spacial score (nSPS) is 25.1. The minimum atomic E-state index is 0.301. The molecule has 17 heavy (non-hydrogen) atoms. The number of nitrogens with zero attached hydrogens (tertiary/aromatic N) is 1. The zero-order chi connectivity index (χ0) is 12.7. The summed E-state index contributed by atoms with van der Waals surface area (Å²) in [4.78, 5) is 2.73. The third kappa shape index (κ3) is 5.39. The van der Waals surface area contributed by atoms with Crippen molar-refractivity contribution < 1.29 is 0 Å². The molecule has 1 rings (SSSR count). The van der Waals surface area contributed by atoms with E-state index < -0.39 is 0 Å². The van der Waals surface area contributed by atoms with Crippen molar-refractivity contribution in [3.8, 4) is 0 Å². The van der Waals surface area contributed by atoms with Gasteiger partial charge in [-0.2, -0.15) is 0 Å². The van der Waals surface area contributed by atoms with Crippen LogP contribution in [0, 0.1) is 0 Å². The van der Waals surface area contributed by atoms with Crippen molar-refractivity contribution in [1.29, 1.82) is 0 Å². The largest absolute Gasteiger partial charge is 0.309 e. The van der Waals surface area contributed by atoms with Crippen LogP contribution in [-0.4, -0.2) is 36.1 Å². The van der Waals surface area contributed by atoms with Crippen molar-refractivity contribution in [2.75, 3.05) is 19.6 Å². The van der Waals surface area contributed by atoms with Crippen LogP contribution in [0.1, 0.15) is 66.2 Å². The average Bonchev–Trinajstić information content (AvgIpc) is 2.27. The second kappa shape index (κ2) is 7.38. The molecule has 2 nitrogen and oxygen atoms in total. The molecule has 1 N–H and O–H groups in total. The molecule has 0 aromatic carbocycles. The monoisotopic (exact) mass is 240 g/mol. The standard InChI is InChI=1S/C15H32N2/c1-5-7-8-9-11-17-13-15(3,4)16-12-14(17)10-6-2/h14,16H,5-13H2,1-4H3. The smallest absolute Gasteiger partial charge is 0.0252 e.